The first-order valence-corrected chi connectivity index (χ1v) is 5.77. The second-order valence-corrected chi connectivity index (χ2v) is 5.42. The minimum Gasteiger partial charge on any atom is -0.344 e. The van der Waals surface area contributed by atoms with E-state index in [0.29, 0.717) is 12.1 Å². The maximum atomic E-state index is 13.2. The fourth-order valence-corrected chi connectivity index (χ4v) is 1.98. The maximum Gasteiger partial charge on any atom is 0.240 e. The summed E-state index contributed by atoms with van der Waals surface area (Å²) in [6.07, 6.45) is 0. The van der Waals surface area contributed by atoms with E-state index in [1.807, 2.05) is 0 Å². The Balaban J connectivity index is 2.35. The fraction of sp³-hybridized carbons (Fsp3) is 0.462. The van der Waals surface area contributed by atoms with Gasteiger partial charge in [-0.05, 0) is 38.5 Å². The third-order valence-electron chi connectivity index (χ3n) is 3.34. The van der Waals surface area contributed by atoms with Gasteiger partial charge in [0, 0.05) is 12.6 Å². The largest absolute Gasteiger partial charge is 0.344 e. The Kier molecular flexibility index (Phi) is 2.89. The molecular formula is C13H16F2N2O. The van der Waals surface area contributed by atoms with E-state index in [1.165, 1.54) is 12.1 Å². The van der Waals surface area contributed by atoms with Crippen LogP contribution in [-0.4, -0.2) is 18.0 Å². The maximum absolute atomic E-state index is 13.2. The van der Waals surface area contributed by atoms with Gasteiger partial charge in [0.1, 0.15) is 11.6 Å². The third kappa shape index (κ3) is 2.22. The lowest BCUT2D eigenvalue weighted by Crippen LogP contribution is -2.67. The first-order chi connectivity index (χ1) is 8.23. The molecule has 0 saturated carbocycles. The molecule has 0 bridgehead atoms. The number of nitrogens with one attached hydrogen (secondary N) is 2. The molecule has 2 N–H and O–H groups in total. The Hall–Kier alpha value is -1.49. The summed E-state index contributed by atoms with van der Waals surface area (Å²) < 4.78 is 26.5. The first-order valence-electron chi connectivity index (χ1n) is 5.77. The van der Waals surface area contributed by atoms with E-state index >= 15 is 0 Å². The highest BCUT2D eigenvalue weighted by Crippen LogP contribution is 2.26. The molecule has 0 aromatic heterocycles. The van der Waals surface area contributed by atoms with Gasteiger partial charge in [-0.1, -0.05) is 0 Å². The summed E-state index contributed by atoms with van der Waals surface area (Å²) in [6.45, 7) is 5.66. The number of hydrogen-bond donors (Lipinski definition) is 2. The van der Waals surface area contributed by atoms with Gasteiger partial charge >= 0.3 is 0 Å². The SMILES string of the molecule is CC1(C)NC[C@@](C)(c2cc(F)cc(F)c2)NC1=O. The van der Waals surface area contributed by atoms with Gasteiger partial charge in [-0.3, -0.25) is 4.79 Å². The number of carbonyl (C=O) groups excluding carboxylic acids is 1. The van der Waals surface area contributed by atoms with Crippen LogP contribution in [0.4, 0.5) is 8.78 Å². The van der Waals surface area contributed by atoms with Crippen LogP contribution >= 0.6 is 0 Å². The quantitative estimate of drug-likeness (QED) is 0.800. The number of amides is 1. The van der Waals surface area contributed by atoms with E-state index in [2.05, 4.69) is 10.6 Å². The summed E-state index contributed by atoms with van der Waals surface area (Å²) in [4.78, 5) is 11.9. The van der Waals surface area contributed by atoms with Gasteiger partial charge in [-0.25, -0.2) is 8.78 Å². The predicted molar refractivity (Wildman–Crippen MR) is 63.9 cm³/mol. The lowest BCUT2D eigenvalue weighted by Gasteiger charge is -2.42. The van der Waals surface area contributed by atoms with Crippen molar-refractivity contribution in [1.82, 2.24) is 10.6 Å². The van der Waals surface area contributed by atoms with Gasteiger partial charge in [0.05, 0.1) is 11.1 Å². The number of benzene rings is 1. The molecule has 0 spiro atoms. The molecular weight excluding hydrogens is 238 g/mol. The van der Waals surface area contributed by atoms with E-state index in [4.69, 9.17) is 0 Å². The molecule has 1 heterocycles. The molecule has 0 unspecified atom stereocenters. The molecule has 18 heavy (non-hydrogen) atoms. The zero-order valence-corrected chi connectivity index (χ0v) is 10.6. The van der Waals surface area contributed by atoms with Crippen molar-refractivity contribution in [3.05, 3.63) is 35.4 Å². The number of carbonyl (C=O) groups is 1. The van der Waals surface area contributed by atoms with Gasteiger partial charge in [0.2, 0.25) is 5.91 Å². The first kappa shape index (κ1) is 13.0. The van der Waals surface area contributed by atoms with E-state index in [9.17, 15) is 13.6 Å². The Morgan fingerprint density at radius 1 is 1.11 bits per heavy atom. The normalized spacial score (nSPS) is 26.8. The van der Waals surface area contributed by atoms with Crippen molar-refractivity contribution < 1.29 is 13.6 Å². The fourth-order valence-electron chi connectivity index (χ4n) is 1.98. The smallest absolute Gasteiger partial charge is 0.240 e. The molecule has 1 saturated heterocycles. The van der Waals surface area contributed by atoms with Gasteiger partial charge in [-0.2, -0.15) is 0 Å². The molecule has 3 nitrogen and oxygen atoms in total. The second-order valence-electron chi connectivity index (χ2n) is 5.42. The van der Waals surface area contributed by atoms with Gasteiger partial charge in [-0.15, -0.1) is 0 Å². The zero-order valence-electron chi connectivity index (χ0n) is 10.6. The second kappa shape index (κ2) is 4.02. The van der Waals surface area contributed by atoms with Crippen LogP contribution < -0.4 is 10.6 Å². The van der Waals surface area contributed by atoms with Crippen molar-refractivity contribution in [3.8, 4) is 0 Å². The Bertz CT molecular complexity index is 482. The molecule has 0 aliphatic carbocycles. The molecule has 1 aliphatic rings. The van der Waals surface area contributed by atoms with Crippen LogP contribution in [0.2, 0.25) is 0 Å². The van der Waals surface area contributed by atoms with Gasteiger partial charge < -0.3 is 10.6 Å². The molecule has 1 fully saturated rings. The van der Waals surface area contributed by atoms with E-state index < -0.39 is 22.7 Å². The van der Waals surface area contributed by atoms with Gasteiger partial charge in [0.15, 0.2) is 0 Å². The summed E-state index contributed by atoms with van der Waals surface area (Å²) in [5.74, 6) is -1.49. The van der Waals surface area contributed by atoms with Crippen LogP contribution in [-0.2, 0) is 10.3 Å². The lowest BCUT2D eigenvalue weighted by atomic mass is 9.86. The van der Waals surface area contributed by atoms with Crippen LogP contribution in [0, 0.1) is 11.6 Å². The van der Waals surface area contributed by atoms with Crippen LogP contribution in [0.5, 0.6) is 0 Å². The zero-order chi connectivity index (χ0) is 13.6. The highest BCUT2D eigenvalue weighted by atomic mass is 19.1. The summed E-state index contributed by atoms with van der Waals surface area (Å²) >= 11 is 0. The minimum absolute atomic E-state index is 0.194. The molecule has 98 valence electrons. The summed E-state index contributed by atoms with van der Waals surface area (Å²) in [7, 11) is 0. The molecule has 1 atom stereocenters. The molecule has 1 aromatic rings. The van der Waals surface area contributed by atoms with Crippen molar-refractivity contribution in [1.29, 1.82) is 0 Å². The van der Waals surface area contributed by atoms with E-state index in [-0.39, 0.29) is 5.91 Å². The Morgan fingerprint density at radius 2 is 1.67 bits per heavy atom. The predicted octanol–water partition coefficient (Wildman–Crippen LogP) is 1.68. The van der Waals surface area contributed by atoms with E-state index in [1.54, 1.807) is 20.8 Å². The summed E-state index contributed by atoms with van der Waals surface area (Å²) in [5.41, 5.74) is -1.07. The summed E-state index contributed by atoms with van der Waals surface area (Å²) in [5, 5.41) is 5.90. The third-order valence-corrected chi connectivity index (χ3v) is 3.34. The lowest BCUT2D eigenvalue weighted by molar-refractivity contribution is -0.131. The number of piperazine rings is 1. The van der Waals surface area contributed by atoms with Crippen molar-refractivity contribution in [3.63, 3.8) is 0 Å². The van der Waals surface area contributed by atoms with Crippen molar-refractivity contribution in [2.45, 2.75) is 31.8 Å². The molecule has 2 rings (SSSR count). The standard InChI is InChI=1S/C13H16F2N2O/c1-12(2)11(18)17-13(3,7-16-12)8-4-9(14)6-10(15)5-8/h4-6,16H,7H2,1-3H3,(H,17,18)/t13-/m0/s1. The highest BCUT2D eigenvalue weighted by molar-refractivity contribution is 5.87. The number of hydrogen-bond acceptors (Lipinski definition) is 2. The monoisotopic (exact) mass is 254 g/mol. The molecule has 1 amide bonds. The summed E-state index contributed by atoms with van der Waals surface area (Å²) in [6, 6.07) is 3.29. The van der Waals surface area contributed by atoms with Crippen LogP contribution in [0.3, 0.4) is 0 Å². The van der Waals surface area contributed by atoms with Crippen LogP contribution in [0.1, 0.15) is 26.3 Å². The van der Waals surface area contributed by atoms with Crippen molar-refractivity contribution >= 4 is 5.91 Å². The highest BCUT2D eigenvalue weighted by Gasteiger charge is 2.41. The van der Waals surface area contributed by atoms with Crippen molar-refractivity contribution in [2.75, 3.05) is 6.54 Å². The van der Waals surface area contributed by atoms with Gasteiger partial charge in [0.25, 0.3) is 0 Å². The molecule has 0 radical (unpaired) electrons. The molecule has 1 aliphatic heterocycles. The average Bonchev–Trinajstić information content (AvgIpc) is 2.23. The number of rotatable bonds is 1. The number of halogens is 2. The molecule has 5 heteroatoms. The molecule has 1 aromatic carbocycles. The van der Waals surface area contributed by atoms with Crippen LogP contribution in [0.15, 0.2) is 18.2 Å². The Morgan fingerprint density at radius 3 is 2.17 bits per heavy atom. The average molecular weight is 254 g/mol. The Labute approximate surface area is 105 Å². The minimum atomic E-state index is -0.810. The van der Waals surface area contributed by atoms with Crippen LogP contribution in [0.25, 0.3) is 0 Å². The van der Waals surface area contributed by atoms with E-state index in [0.717, 1.165) is 6.07 Å². The topological polar surface area (TPSA) is 41.1 Å². The van der Waals surface area contributed by atoms with Crippen molar-refractivity contribution in [2.24, 2.45) is 0 Å².